The molecule has 10 nitrogen and oxygen atoms in total. The Morgan fingerprint density at radius 3 is 2.44 bits per heavy atom. The van der Waals surface area contributed by atoms with Crippen LogP contribution in [0.15, 0.2) is 28.7 Å². The van der Waals surface area contributed by atoms with Gasteiger partial charge in [-0.3, -0.25) is 9.59 Å². The second-order valence-electron chi connectivity index (χ2n) is 7.42. The molecule has 3 rings (SSSR count). The zero-order valence-electron chi connectivity index (χ0n) is 19.4. The van der Waals surface area contributed by atoms with Gasteiger partial charge in [0.25, 0.3) is 0 Å². The summed E-state index contributed by atoms with van der Waals surface area (Å²) in [5, 5.41) is 0.253. The number of fused-ring (bicyclic) bond motifs is 1. The molecule has 0 fully saturated rings. The van der Waals surface area contributed by atoms with Crippen molar-refractivity contribution in [2.75, 3.05) is 18.9 Å². The smallest absolute Gasteiger partial charge is 0.342 e. The second kappa shape index (κ2) is 11.3. The van der Waals surface area contributed by atoms with Crippen molar-refractivity contribution in [1.29, 1.82) is 0 Å². The molecule has 2 aromatic heterocycles. The van der Waals surface area contributed by atoms with Crippen molar-refractivity contribution in [3.8, 4) is 5.75 Å². The molecule has 1 aromatic carbocycles. The Bertz CT molecular complexity index is 1190. The van der Waals surface area contributed by atoms with E-state index >= 15 is 0 Å². The fourth-order valence-corrected chi connectivity index (χ4v) is 3.23. The van der Waals surface area contributed by atoms with E-state index in [-0.39, 0.29) is 60.1 Å². The average Bonchev–Trinajstić information content (AvgIpc) is 3.16. The Morgan fingerprint density at radius 2 is 1.76 bits per heavy atom. The third kappa shape index (κ3) is 5.89. The summed E-state index contributed by atoms with van der Waals surface area (Å²) in [6.07, 6.45) is 0.790. The summed E-state index contributed by atoms with van der Waals surface area (Å²) in [4.78, 5) is 44.9. The number of hydrogen-bond acceptors (Lipinski definition) is 10. The number of aromatic nitrogens is 2. The molecule has 0 saturated heterocycles. The van der Waals surface area contributed by atoms with E-state index in [0.717, 1.165) is 6.42 Å². The third-order valence-corrected chi connectivity index (χ3v) is 4.85. The van der Waals surface area contributed by atoms with Crippen molar-refractivity contribution in [1.82, 2.24) is 9.97 Å². The molecule has 10 heteroatoms. The number of furan rings is 1. The van der Waals surface area contributed by atoms with Crippen LogP contribution in [0.3, 0.4) is 0 Å². The highest BCUT2D eigenvalue weighted by Gasteiger charge is 2.24. The first-order chi connectivity index (χ1) is 16.3. The molecule has 2 heterocycles. The van der Waals surface area contributed by atoms with Gasteiger partial charge in [0.15, 0.2) is 18.2 Å². The van der Waals surface area contributed by atoms with Crippen molar-refractivity contribution in [2.24, 2.45) is 0 Å². The highest BCUT2D eigenvalue weighted by atomic mass is 16.5. The lowest BCUT2D eigenvalue weighted by atomic mass is 10.1. The molecule has 0 atom stereocenters. The van der Waals surface area contributed by atoms with Gasteiger partial charge in [-0.25, -0.2) is 9.78 Å². The second-order valence-corrected chi connectivity index (χ2v) is 7.42. The number of hydrogen-bond donors (Lipinski definition) is 1. The molecule has 0 aliphatic rings. The molecular weight excluding hydrogens is 442 g/mol. The van der Waals surface area contributed by atoms with E-state index < -0.39 is 11.9 Å². The maximum absolute atomic E-state index is 12.3. The number of Topliss-reactive ketones (excluding diaryl/α,β-unsaturated/α-hetero) is 1. The van der Waals surface area contributed by atoms with Gasteiger partial charge in [0.2, 0.25) is 5.71 Å². The summed E-state index contributed by atoms with van der Waals surface area (Å²) >= 11 is 0. The van der Waals surface area contributed by atoms with Gasteiger partial charge in [0.1, 0.15) is 22.9 Å². The summed E-state index contributed by atoms with van der Waals surface area (Å²) in [5.41, 5.74) is 6.75. The van der Waals surface area contributed by atoms with Crippen LogP contribution in [0.2, 0.25) is 0 Å². The molecule has 0 amide bonds. The van der Waals surface area contributed by atoms with Crippen LogP contribution in [0.25, 0.3) is 11.1 Å². The Morgan fingerprint density at radius 1 is 1.03 bits per heavy atom. The summed E-state index contributed by atoms with van der Waals surface area (Å²) in [6, 6.07) is 6.78. The highest BCUT2D eigenvalue weighted by molar-refractivity contribution is 6.07. The van der Waals surface area contributed by atoms with Gasteiger partial charge in [0.05, 0.1) is 25.0 Å². The molecule has 0 unspecified atom stereocenters. The fourth-order valence-electron chi connectivity index (χ4n) is 3.23. The number of aryl methyl sites for hydroxylation is 1. The normalized spacial score (nSPS) is 10.8. The maximum Gasteiger partial charge on any atom is 0.342 e. The molecule has 0 aliphatic heterocycles. The Labute approximate surface area is 196 Å². The molecule has 34 heavy (non-hydrogen) atoms. The fraction of sp³-hybridized carbons (Fsp3) is 0.375. The number of nitrogens with two attached hydrogens (primary N) is 1. The van der Waals surface area contributed by atoms with Crippen LogP contribution >= 0.6 is 0 Å². The van der Waals surface area contributed by atoms with Gasteiger partial charge in [0, 0.05) is 12.0 Å². The monoisotopic (exact) mass is 469 g/mol. The standard InChI is InChI=1S/C24H27N3O7/c1-4-12-32-16-8-6-15(7-9-16)17(28)10-11-19(29)33-13-18-26-22(25)21-20(24(30)31-5-2)14(3)34-23(21)27-18/h6-9H,4-5,10-13H2,1-3H3,(H2,25,26,27). The van der Waals surface area contributed by atoms with Gasteiger partial charge >= 0.3 is 11.9 Å². The van der Waals surface area contributed by atoms with Crippen molar-refractivity contribution in [3.05, 3.63) is 47.0 Å². The zero-order chi connectivity index (χ0) is 24.7. The largest absolute Gasteiger partial charge is 0.494 e. The topological polar surface area (TPSA) is 144 Å². The minimum atomic E-state index is -0.582. The predicted molar refractivity (Wildman–Crippen MR) is 122 cm³/mol. The molecule has 0 aliphatic carbocycles. The zero-order valence-corrected chi connectivity index (χ0v) is 19.4. The Balaban J connectivity index is 1.56. The molecule has 2 N–H and O–H groups in total. The molecule has 0 bridgehead atoms. The number of rotatable bonds is 11. The summed E-state index contributed by atoms with van der Waals surface area (Å²) < 4.78 is 21.2. The SMILES string of the molecule is CCCOc1ccc(C(=O)CCC(=O)OCc2nc(N)c3c(C(=O)OCC)c(C)oc3n2)cc1. The minimum Gasteiger partial charge on any atom is -0.494 e. The molecular formula is C24H27N3O7. The highest BCUT2D eigenvalue weighted by Crippen LogP contribution is 2.29. The van der Waals surface area contributed by atoms with Crippen LogP contribution in [-0.2, 0) is 20.9 Å². The first-order valence-corrected chi connectivity index (χ1v) is 11.0. The molecule has 0 radical (unpaired) electrons. The van der Waals surface area contributed by atoms with Gasteiger partial charge < -0.3 is 24.4 Å². The third-order valence-electron chi connectivity index (χ3n) is 4.85. The van der Waals surface area contributed by atoms with Gasteiger partial charge in [-0.2, -0.15) is 4.98 Å². The van der Waals surface area contributed by atoms with Crippen molar-refractivity contribution in [3.63, 3.8) is 0 Å². The number of ether oxygens (including phenoxy) is 3. The van der Waals surface area contributed by atoms with Crippen LogP contribution in [0.5, 0.6) is 5.75 Å². The van der Waals surface area contributed by atoms with Crippen LogP contribution in [0.1, 0.15) is 65.4 Å². The molecule has 180 valence electrons. The van der Waals surface area contributed by atoms with E-state index in [9.17, 15) is 14.4 Å². The van der Waals surface area contributed by atoms with E-state index in [1.807, 2.05) is 6.92 Å². The van der Waals surface area contributed by atoms with Crippen LogP contribution in [-0.4, -0.2) is 40.9 Å². The van der Waals surface area contributed by atoms with Gasteiger partial charge in [-0.1, -0.05) is 6.92 Å². The molecule has 0 saturated carbocycles. The van der Waals surface area contributed by atoms with Crippen molar-refractivity contribution in [2.45, 2.75) is 46.6 Å². The number of carbonyl (C=O) groups excluding carboxylic acids is 3. The van der Waals surface area contributed by atoms with Crippen LogP contribution in [0, 0.1) is 6.92 Å². The van der Waals surface area contributed by atoms with Crippen LogP contribution in [0.4, 0.5) is 5.82 Å². The average molecular weight is 469 g/mol. The van der Waals surface area contributed by atoms with E-state index in [2.05, 4.69) is 9.97 Å². The number of anilines is 1. The van der Waals surface area contributed by atoms with Gasteiger partial charge in [-0.05, 0) is 44.5 Å². The van der Waals surface area contributed by atoms with Crippen molar-refractivity contribution < 1.29 is 33.0 Å². The summed E-state index contributed by atoms with van der Waals surface area (Å²) in [6.45, 7) is 5.83. The minimum absolute atomic E-state index is 0.00366. The first-order valence-electron chi connectivity index (χ1n) is 11.0. The Kier molecular flexibility index (Phi) is 8.18. The summed E-state index contributed by atoms with van der Waals surface area (Å²) in [5.74, 6) is -0.239. The van der Waals surface area contributed by atoms with E-state index in [1.54, 1.807) is 38.1 Å². The van der Waals surface area contributed by atoms with E-state index in [4.69, 9.17) is 24.4 Å². The number of esters is 2. The Hall–Kier alpha value is -3.95. The number of nitrogen functional groups attached to an aromatic ring is 1. The number of benzene rings is 1. The quantitative estimate of drug-likeness (QED) is 0.325. The molecule has 3 aromatic rings. The number of carbonyl (C=O) groups is 3. The number of ketones is 1. The van der Waals surface area contributed by atoms with Crippen LogP contribution < -0.4 is 10.5 Å². The van der Waals surface area contributed by atoms with E-state index in [1.165, 1.54) is 0 Å². The lowest BCUT2D eigenvalue weighted by Crippen LogP contribution is -2.11. The molecule has 0 spiro atoms. The lowest BCUT2D eigenvalue weighted by molar-refractivity contribution is -0.145. The first kappa shape index (κ1) is 24.7. The lowest BCUT2D eigenvalue weighted by Gasteiger charge is -2.07. The predicted octanol–water partition coefficient (Wildman–Crippen LogP) is 3.79. The summed E-state index contributed by atoms with van der Waals surface area (Å²) in [7, 11) is 0. The maximum atomic E-state index is 12.3. The van der Waals surface area contributed by atoms with Crippen molar-refractivity contribution >= 4 is 34.6 Å². The van der Waals surface area contributed by atoms with Gasteiger partial charge in [-0.15, -0.1) is 0 Å². The van der Waals surface area contributed by atoms with E-state index in [0.29, 0.717) is 23.7 Å². The number of nitrogens with zero attached hydrogens (tertiary/aromatic N) is 2.